The topological polar surface area (TPSA) is 58.6 Å². The lowest BCUT2D eigenvalue weighted by atomic mass is 10.1. The summed E-state index contributed by atoms with van der Waals surface area (Å²) >= 11 is 1.82. The van der Waals surface area contributed by atoms with Gasteiger partial charge >= 0.3 is 6.09 Å². The number of fused-ring (bicyclic) bond motifs is 1. The Balaban J connectivity index is 1.90. The minimum atomic E-state index is -0.534. The number of rotatable bonds is 1. The molecule has 1 N–H and O–H groups in total. The van der Waals surface area contributed by atoms with E-state index in [2.05, 4.69) is 5.32 Å². The maximum atomic E-state index is 12.2. The monoisotopic (exact) mass is 272 g/mol. The Morgan fingerprint density at radius 3 is 2.83 bits per heavy atom. The van der Waals surface area contributed by atoms with Crippen LogP contribution in [0.5, 0.6) is 0 Å². The van der Waals surface area contributed by atoms with Gasteiger partial charge in [-0.3, -0.25) is 4.79 Å². The molecule has 102 valence electrons. The summed E-state index contributed by atoms with van der Waals surface area (Å²) < 4.78 is 5.17. The molecule has 2 atom stereocenters. The fourth-order valence-corrected chi connectivity index (χ4v) is 3.50. The Morgan fingerprint density at radius 1 is 1.44 bits per heavy atom. The Hall–Kier alpha value is -0.910. The molecule has 2 rings (SSSR count). The van der Waals surface area contributed by atoms with Crippen LogP contribution in [0.3, 0.4) is 0 Å². The normalized spacial score (nSPS) is 27.9. The van der Waals surface area contributed by atoms with Gasteiger partial charge in [0.2, 0.25) is 5.91 Å². The number of hydrogen-bond donors (Lipinski definition) is 1. The first kappa shape index (κ1) is 13.5. The molecule has 0 bridgehead atoms. The van der Waals surface area contributed by atoms with E-state index >= 15 is 0 Å². The standard InChI is InChI=1S/C12H20N2O3S/c1-12(2,3)17-11(16)13-8-4-5-9-14(10(8)15)6-7-18-9/h8-9H,4-7H2,1-3H3,(H,13,16). The number of ether oxygens (including phenoxy) is 1. The van der Waals surface area contributed by atoms with E-state index in [1.165, 1.54) is 0 Å². The quantitative estimate of drug-likeness (QED) is 0.787. The highest BCUT2D eigenvalue weighted by Crippen LogP contribution is 2.32. The first-order valence-corrected chi connectivity index (χ1v) is 7.33. The molecule has 0 aromatic carbocycles. The van der Waals surface area contributed by atoms with Crippen molar-refractivity contribution >= 4 is 23.8 Å². The van der Waals surface area contributed by atoms with Crippen molar-refractivity contribution in [3.05, 3.63) is 0 Å². The van der Waals surface area contributed by atoms with Gasteiger partial charge in [-0.1, -0.05) is 0 Å². The van der Waals surface area contributed by atoms with Crippen LogP contribution in [-0.4, -0.2) is 46.2 Å². The lowest BCUT2D eigenvalue weighted by Gasteiger charge is -2.34. The average Bonchev–Trinajstić information content (AvgIpc) is 2.68. The molecule has 2 aliphatic heterocycles. The van der Waals surface area contributed by atoms with Crippen LogP contribution in [0.25, 0.3) is 0 Å². The first-order valence-electron chi connectivity index (χ1n) is 6.28. The van der Waals surface area contributed by atoms with Gasteiger partial charge in [0, 0.05) is 12.3 Å². The van der Waals surface area contributed by atoms with Gasteiger partial charge in [-0.25, -0.2) is 4.79 Å². The molecule has 6 heteroatoms. The maximum absolute atomic E-state index is 12.2. The van der Waals surface area contributed by atoms with Crippen LogP contribution in [0, 0.1) is 0 Å². The summed E-state index contributed by atoms with van der Waals surface area (Å²) in [6.07, 6.45) is 1.13. The second-order valence-corrected chi connectivity index (χ2v) is 6.92. The van der Waals surface area contributed by atoms with Crippen molar-refractivity contribution < 1.29 is 14.3 Å². The lowest BCUT2D eigenvalue weighted by Crippen LogP contribution is -2.54. The van der Waals surface area contributed by atoms with Crippen molar-refractivity contribution in [3.63, 3.8) is 0 Å². The van der Waals surface area contributed by atoms with E-state index in [0.717, 1.165) is 18.7 Å². The molecule has 0 aliphatic carbocycles. The Morgan fingerprint density at radius 2 is 2.17 bits per heavy atom. The van der Waals surface area contributed by atoms with E-state index in [0.29, 0.717) is 11.8 Å². The molecule has 2 fully saturated rings. The molecule has 2 aliphatic rings. The highest BCUT2D eigenvalue weighted by Gasteiger charge is 2.39. The van der Waals surface area contributed by atoms with Gasteiger partial charge in [-0.05, 0) is 33.6 Å². The largest absolute Gasteiger partial charge is 0.444 e. The van der Waals surface area contributed by atoms with Crippen LogP contribution < -0.4 is 5.32 Å². The third-order valence-corrected chi connectivity index (χ3v) is 4.26. The predicted molar refractivity (Wildman–Crippen MR) is 70.4 cm³/mol. The first-order chi connectivity index (χ1) is 8.37. The minimum absolute atomic E-state index is 0.0297. The zero-order chi connectivity index (χ0) is 13.3. The number of hydrogen-bond acceptors (Lipinski definition) is 4. The zero-order valence-electron chi connectivity index (χ0n) is 11.1. The molecule has 0 radical (unpaired) electrons. The van der Waals surface area contributed by atoms with Gasteiger partial charge in [0.05, 0.1) is 5.37 Å². The van der Waals surface area contributed by atoms with Gasteiger partial charge in [-0.2, -0.15) is 0 Å². The number of amides is 2. The summed E-state index contributed by atoms with van der Waals surface area (Å²) in [4.78, 5) is 25.7. The van der Waals surface area contributed by atoms with E-state index in [4.69, 9.17) is 4.74 Å². The molecule has 18 heavy (non-hydrogen) atoms. The number of carbonyl (C=O) groups excluding carboxylic acids is 2. The van der Waals surface area contributed by atoms with Gasteiger partial charge in [-0.15, -0.1) is 11.8 Å². The van der Waals surface area contributed by atoms with Crippen molar-refractivity contribution in [2.75, 3.05) is 12.3 Å². The van der Waals surface area contributed by atoms with Crippen molar-refractivity contribution in [1.82, 2.24) is 10.2 Å². The zero-order valence-corrected chi connectivity index (χ0v) is 11.9. The minimum Gasteiger partial charge on any atom is -0.444 e. The molecule has 2 saturated heterocycles. The Bertz CT molecular complexity index is 354. The fraction of sp³-hybridized carbons (Fsp3) is 0.833. The summed E-state index contributed by atoms with van der Waals surface area (Å²) in [5.74, 6) is 1.03. The summed E-state index contributed by atoms with van der Waals surface area (Å²) in [5.41, 5.74) is -0.534. The highest BCUT2D eigenvalue weighted by atomic mass is 32.2. The summed E-state index contributed by atoms with van der Waals surface area (Å²) in [6.45, 7) is 6.22. The van der Waals surface area contributed by atoms with Crippen molar-refractivity contribution in [2.24, 2.45) is 0 Å². The molecular formula is C12H20N2O3S. The molecule has 2 heterocycles. The van der Waals surface area contributed by atoms with Crippen LogP contribution >= 0.6 is 11.8 Å². The van der Waals surface area contributed by atoms with Gasteiger partial charge in [0.15, 0.2) is 0 Å². The summed E-state index contributed by atoms with van der Waals surface area (Å²) in [5, 5.41) is 2.99. The van der Waals surface area contributed by atoms with E-state index in [9.17, 15) is 9.59 Å². The molecule has 0 saturated carbocycles. The van der Waals surface area contributed by atoms with Crippen LogP contribution in [0.15, 0.2) is 0 Å². The second kappa shape index (κ2) is 4.99. The van der Waals surface area contributed by atoms with Crippen LogP contribution in [0.4, 0.5) is 4.79 Å². The molecule has 0 aromatic heterocycles. The van der Waals surface area contributed by atoms with Gasteiger partial charge in [0.25, 0.3) is 0 Å². The maximum Gasteiger partial charge on any atom is 0.408 e. The number of thioether (sulfide) groups is 1. The van der Waals surface area contributed by atoms with Crippen LogP contribution in [0.1, 0.15) is 33.6 Å². The van der Waals surface area contributed by atoms with E-state index in [-0.39, 0.29) is 5.91 Å². The molecule has 0 aromatic rings. The SMILES string of the molecule is CC(C)(C)OC(=O)NC1CCC2SCCN2C1=O. The van der Waals surface area contributed by atoms with Crippen LogP contribution in [-0.2, 0) is 9.53 Å². The summed E-state index contributed by atoms with van der Waals surface area (Å²) in [7, 11) is 0. The number of piperidine rings is 1. The van der Waals surface area contributed by atoms with Crippen molar-refractivity contribution in [2.45, 2.75) is 50.6 Å². The number of nitrogens with zero attached hydrogens (tertiary/aromatic N) is 1. The molecule has 2 unspecified atom stereocenters. The third-order valence-electron chi connectivity index (χ3n) is 2.96. The summed E-state index contributed by atoms with van der Waals surface area (Å²) in [6, 6.07) is -0.421. The van der Waals surface area contributed by atoms with E-state index < -0.39 is 17.7 Å². The van der Waals surface area contributed by atoms with Crippen molar-refractivity contribution in [3.8, 4) is 0 Å². The lowest BCUT2D eigenvalue weighted by molar-refractivity contribution is -0.136. The van der Waals surface area contributed by atoms with Gasteiger partial charge in [0.1, 0.15) is 11.6 Å². The van der Waals surface area contributed by atoms with Crippen molar-refractivity contribution in [1.29, 1.82) is 0 Å². The number of alkyl carbamates (subject to hydrolysis) is 1. The molecular weight excluding hydrogens is 252 g/mol. The molecule has 0 spiro atoms. The molecule has 5 nitrogen and oxygen atoms in total. The predicted octanol–water partition coefficient (Wildman–Crippen LogP) is 1.57. The molecule has 2 amide bonds. The third kappa shape index (κ3) is 3.10. The number of carbonyl (C=O) groups is 2. The Labute approximate surface area is 112 Å². The number of nitrogens with one attached hydrogen (secondary N) is 1. The average molecular weight is 272 g/mol. The van der Waals surface area contributed by atoms with E-state index in [1.807, 2.05) is 37.4 Å². The van der Waals surface area contributed by atoms with Crippen LogP contribution in [0.2, 0.25) is 0 Å². The van der Waals surface area contributed by atoms with E-state index in [1.54, 1.807) is 0 Å². The smallest absolute Gasteiger partial charge is 0.408 e. The second-order valence-electron chi connectivity index (χ2n) is 5.63. The Kier molecular flexibility index (Phi) is 3.75. The highest BCUT2D eigenvalue weighted by molar-refractivity contribution is 8.00. The van der Waals surface area contributed by atoms with Gasteiger partial charge < -0.3 is 15.0 Å². The fourth-order valence-electron chi connectivity index (χ4n) is 2.23.